The molecular formula is C73H74BN3. The van der Waals surface area contributed by atoms with Gasteiger partial charge in [0.15, 0.2) is 0 Å². The van der Waals surface area contributed by atoms with Gasteiger partial charge >= 0.3 is 0 Å². The minimum atomic E-state index is -0.563. The van der Waals surface area contributed by atoms with E-state index in [-0.39, 0.29) is 50.9 Å². The van der Waals surface area contributed by atoms with Crippen LogP contribution in [0.5, 0.6) is 0 Å². The van der Waals surface area contributed by atoms with Crippen LogP contribution in [0.3, 0.4) is 0 Å². The molecule has 0 saturated heterocycles. The molecule has 0 atom stereocenters. The minimum Gasteiger partial charge on any atom is -0.311 e. The monoisotopic (exact) mass is 1010 g/mol. The zero-order chi connectivity index (χ0) is 62.8. The minimum absolute atomic E-state index is 0.0690. The molecule has 4 heteroatoms. The Balaban J connectivity index is 1.24. The summed E-state index contributed by atoms with van der Waals surface area (Å²) in [5.41, 5.74) is 17.3. The van der Waals surface area contributed by atoms with E-state index in [1.165, 1.54) is 22.3 Å². The van der Waals surface area contributed by atoms with Crippen LogP contribution >= 0.6 is 0 Å². The van der Waals surface area contributed by atoms with Crippen LogP contribution in [0.1, 0.15) is 144 Å². The Morgan fingerprint density at radius 3 is 1.62 bits per heavy atom. The molecule has 0 saturated carbocycles. The highest BCUT2D eigenvalue weighted by atomic mass is 15.2. The Kier molecular flexibility index (Phi) is 9.17. The summed E-state index contributed by atoms with van der Waals surface area (Å²) >= 11 is 0. The Bertz CT molecular complexity index is 4330. The fourth-order valence-electron chi connectivity index (χ4n) is 12.1. The van der Waals surface area contributed by atoms with Gasteiger partial charge in [-0.25, -0.2) is 0 Å². The van der Waals surface area contributed by atoms with Crippen molar-refractivity contribution in [2.75, 3.05) is 14.7 Å². The van der Waals surface area contributed by atoms with Crippen LogP contribution in [0, 0.1) is 0 Å². The molecule has 3 nitrogen and oxygen atoms in total. The molecule has 0 bridgehead atoms. The third-order valence-corrected chi connectivity index (χ3v) is 16.4. The van der Waals surface area contributed by atoms with Gasteiger partial charge in [0.2, 0.25) is 0 Å². The Labute approximate surface area is 474 Å². The molecule has 2 heterocycles. The SMILES string of the molecule is [2H]c1c([2H])c([2H])c(-c2cc(C(C)(C)C)ccc2N(c2ccc3c(c2)N(c2ccc4c(c2)-c2ccccc2C4(C)C)c2cc(C(C)(C)C)cc4c2B3c2cc(C(C)(C)C)ccc2N4c2ccc(C(C)(C)C)cc2)c2c([2H])c([2H])c([2H])c([2H])c2[2H])c([2H])c1[2H]. The van der Waals surface area contributed by atoms with Crippen molar-refractivity contribution in [1.29, 1.82) is 0 Å². The Morgan fingerprint density at radius 1 is 0.416 bits per heavy atom. The fraction of sp³-hybridized carbons (Fsp3) is 0.260. The zero-order valence-electron chi connectivity index (χ0n) is 57.1. The molecule has 0 spiro atoms. The molecule has 2 aliphatic heterocycles. The summed E-state index contributed by atoms with van der Waals surface area (Å²) in [6.45, 7) is 30.5. The van der Waals surface area contributed by atoms with Crippen LogP contribution in [0.25, 0.3) is 22.3 Å². The van der Waals surface area contributed by atoms with Gasteiger partial charge in [0.1, 0.15) is 0 Å². The third kappa shape index (κ3) is 8.42. The van der Waals surface area contributed by atoms with Gasteiger partial charge in [0.05, 0.1) is 19.4 Å². The van der Waals surface area contributed by atoms with Crippen molar-refractivity contribution in [2.45, 2.75) is 124 Å². The molecule has 0 N–H and O–H groups in total. The number of hydrogen-bond acceptors (Lipinski definition) is 3. The molecule has 0 radical (unpaired) electrons. The predicted octanol–water partition coefficient (Wildman–Crippen LogP) is 18.4. The van der Waals surface area contributed by atoms with E-state index >= 15 is 0 Å². The second kappa shape index (κ2) is 17.7. The third-order valence-electron chi connectivity index (χ3n) is 16.4. The van der Waals surface area contributed by atoms with Gasteiger partial charge in [-0.3, -0.25) is 0 Å². The summed E-state index contributed by atoms with van der Waals surface area (Å²) in [5, 5.41) is 0. The van der Waals surface area contributed by atoms with E-state index in [2.05, 4.69) is 195 Å². The molecule has 0 aromatic heterocycles. The standard InChI is InChI=1S/C73H74BN3/c1-69(2,3)48-29-33-53(34-30-48)76-64-40-32-50(71(7,8)9)42-62(64)74-61-38-36-55(75(52-25-19-16-20-26-52)63-39-31-49(70(4,5)6)41-57(63)47-23-17-15-18-24-47)46-65(61)77(67-44-51(72(10,11)12)43-66(76)68(67)74)54-35-37-60-58(45-54)56-27-21-22-28-59(56)73(60,13)14/h15-46H,1-14H3/i15D,16D,17D,18D,19D,20D,23D,24D,25D,26D. The first-order chi connectivity index (χ1) is 40.6. The van der Waals surface area contributed by atoms with Crippen LogP contribution in [-0.4, -0.2) is 6.71 Å². The van der Waals surface area contributed by atoms with E-state index in [4.69, 9.17) is 5.48 Å². The smallest absolute Gasteiger partial charge is 0.252 e. The fourth-order valence-corrected chi connectivity index (χ4v) is 12.1. The van der Waals surface area contributed by atoms with Crippen molar-refractivity contribution in [3.05, 3.63) is 227 Å². The molecule has 1 aliphatic carbocycles. The van der Waals surface area contributed by atoms with Crippen molar-refractivity contribution in [3.8, 4) is 22.3 Å². The lowest BCUT2D eigenvalue weighted by Gasteiger charge is -2.46. The quantitative estimate of drug-likeness (QED) is 0.154. The van der Waals surface area contributed by atoms with E-state index in [0.717, 1.165) is 72.8 Å². The van der Waals surface area contributed by atoms with E-state index in [0.29, 0.717) is 5.69 Å². The van der Waals surface area contributed by atoms with Crippen LogP contribution < -0.4 is 31.1 Å². The van der Waals surface area contributed by atoms with Gasteiger partial charge in [0.25, 0.3) is 6.71 Å². The van der Waals surface area contributed by atoms with Gasteiger partial charge in [-0.1, -0.05) is 212 Å². The molecule has 77 heavy (non-hydrogen) atoms. The van der Waals surface area contributed by atoms with Crippen LogP contribution in [0.2, 0.25) is 0 Å². The van der Waals surface area contributed by atoms with Gasteiger partial charge in [-0.2, -0.15) is 0 Å². The molecule has 0 fully saturated rings. The number of benzene rings is 9. The molecule has 0 unspecified atom stereocenters. The van der Waals surface area contributed by atoms with Crippen LogP contribution in [-0.2, 0) is 27.1 Å². The van der Waals surface area contributed by atoms with Gasteiger partial charge < -0.3 is 14.7 Å². The lowest BCUT2D eigenvalue weighted by molar-refractivity contribution is 0.589. The van der Waals surface area contributed by atoms with Crippen molar-refractivity contribution in [2.24, 2.45) is 0 Å². The lowest BCUT2D eigenvalue weighted by Crippen LogP contribution is -2.61. The average Bonchev–Trinajstić information content (AvgIpc) is 1.09. The number of fused-ring (bicyclic) bond motifs is 7. The maximum Gasteiger partial charge on any atom is 0.252 e. The van der Waals surface area contributed by atoms with Gasteiger partial charge in [-0.15, -0.1) is 0 Å². The number of nitrogens with zero attached hydrogens (tertiary/aromatic N) is 3. The first-order valence-corrected chi connectivity index (χ1v) is 27.1. The summed E-state index contributed by atoms with van der Waals surface area (Å²) < 4.78 is 92.1. The lowest BCUT2D eigenvalue weighted by atomic mass is 9.33. The van der Waals surface area contributed by atoms with Crippen molar-refractivity contribution in [3.63, 3.8) is 0 Å². The van der Waals surface area contributed by atoms with E-state index in [9.17, 15) is 8.22 Å². The topological polar surface area (TPSA) is 9.72 Å². The van der Waals surface area contributed by atoms with Gasteiger partial charge in [-0.05, 0) is 167 Å². The second-order valence-electron chi connectivity index (χ2n) is 26.0. The molecule has 9 aromatic rings. The Hall–Kier alpha value is -7.56. The number of para-hydroxylation sites is 1. The number of anilines is 9. The zero-order valence-corrected chi connectivity index (χ0v) is 47.1. The number of rotatable bonds is 6. The van der Waals surface area contributed by atoms with Crippen molar-refractivity contribution in [1.82, 2.24) is 0 Å². The molecule has 0 amide bonds. The number of hydrogen-bond donors (Lipinski definition) is 0. The summed E-state index contributed by atoms with van der Waals surface area (Å²) in [6.07, 6.45) is 0. The van der Waals surface area contributed by atoms with Gasteiger partial charge in [0, 0.05) is 56.5 Å². The molecule has 9 aromatic carbocycles. The normalized spacial score (nSPS) is 16.2. The van der Waals surface area contributed by atoms with E-state index in [1.807, 2.05) is 39.0 Å². The molecule has 12 rings (SSSR count). The maximum atomic E-state index is 9.75. The summed E-state index contributed by atoms with van der Waals surface area (Å²) in [5.74, 6) is 0. The largest absolute Gasteiger partial charge is 0.311 e. The molecular weight excluding hydrogens is 930 g/mol. The molecule has 3 aliphatic rings. The first kappa shape index (κ1) is 39.8. The Morgan fingerprint density at radius 2 is 0.974 bits per heavy atom. The second-order valence-corrected chi connectivity index (χ2v) is 26.0. The highest BCUT2D eigenvalue weighted by molar-refractivity contribution is 7.00. The molecule has 384 valence electrons. The average molecular weight is 1010 g/mol. The van der Waals surface area contributed by atoms with Crippen LogP contribution in [0.4, 0.5) is 51.2 Å². The van der Waals surface area contributed by atoms with E-state index < -0.39 is 65.8 Å². The summed E-state index contributed by atoms with van der Waals surface area (Å²) in [4.78, 5) is 6.45. The predicted molar refractivity (Wildman–Crippen MR) is 333 cm³/mol. The van der Waals surface area contributed by atoms with E-state index in [1.54, 1.807) is 11.0 Å². The van der Waals surface area contributed by atoms with Crippen molar-refractivity contribution < 1.29 is 13.7 Å². The van der Waals surface area contributed by atoms with Crippen LogP contribution in [0.15, 0.2) is 194 Å². The summed E-state index contributed by atoms with van der Waals surface area (Å²) in [6, 6.07) is 42.6. The van der Waals surface area contributed by atoms with Crippen molar-refractivity contribution >= 4 is 74.3 Å². The first-order valence-electron chi connectivity index (χ1n) is 32.1. The highest BCUT2D eigenvalue weighted by Gasteiger charge is 2.46. The maximum absolute atomic E-state index is 9.75. The highest BCUT2D eigenvalue weighted by Crippen LogP contribution is 2.53. The summed E-state index contributed by atoms with van der Waals surface area (Å²) in [7, 11) is 0.